The van der Waals surface area contributed by atoms with Crippen molar-refractivity contribution in [3.63, 3.8) is 0 Å². The quantitative estimate of drug-likeness (QED) is 0.224. The number of hydrogen-bond acceptors (Lipinski definition) is 4. The van der Waals surface area contributed by atoms with Crippen molar-refractivity contribution in [2.75, 3.05) is 0 Å². The molecule has 0 aliphatic heterocycles. The molecule has 0 radical (unpaired) electrons. The maximum atomic E-state index is 13.0. The molecule has 0 saturated heterocycles. The molecule has 0 aromatic carbocycles. The lowest BCUT2D eigenvalue weighted by Crippen LogP contribution is -2.60. The van der Waals surface area contributed by atoms with Crippen LogP contribution in [0.25, 0.3) is 0 Å². The van der Waals surface area contributed by atoms with Crippen LogP contribution in [0.3, 0.4) is 0 Å². The van der Waals surface area contributed by atoms with Gasteiger partial charge in [0.15, 0.2) is 0 Å². The Morgan fingerprint density at radius 2 is 1.06 bits per heavy atom. The third-order valence-corrected chi connectivity index (χ3v) is 7.99. The summed E-state index contributed by atoms with van der Waals surface area (Å²) in [5.41, 5.74) is 0. The second-order valence-corrected chi connectivity index (χ2v) is 11.4. The van der Waals surface area contributed by atoms with Crippen molar-refractivity contribution in [2.24, 2.45) is 5.92 Å². The second-order valence-electron chi connectivity index (χ2n) is 9.22. The van der Waals surface area contributed by atoms with Gasteiger partial charge in [0.05, 0.1) is 0 Å². The number of hydrogen-bond donors (Lipinski definition) is 4. The van der Waals surface area contributed by atoms with Crippen LogP contribution < -0.4 is 19.2 Å². The fraction of sp³-hybridized carbons (Fsp3) is 0.833. The van der Waals surface area contributed by atoms with Crippen molar-refractivity contribution >= 4 is 38.2 Å². The van der Waals surface area contributed by atoms with Crippen LogP contribution in [0.2, 0.25) is 5.28 Å². The third-order valence-electron chi connectivity index (χ3n) is 5.31. The van der Waals surface area contributed by atoms with E-state index in [-0.39, 0.29) is 29.5 Å². The van der Waals surface area contributed by atoms with Gasteiger partial charge in [-0.2, -0.15) is 0 Å². The molecule has 0 bridgehead atoms. The Kier molecular flexibility index (Phi) is 17.9. The molecule has 0 aromatic rings. The molecule has 4 N–H and O–H groups in total. The minimum Gasteiger partial charge on any atom is -0.427 e. The minimum absolute atomic E-state index is 0.116. The predicted octanol–water partition coefficient (Wildman–Crippen LogP) is 3.31. The van der Waals surface area contributed by atoms with Crippen LogP contribution in [0.5, 0.6) is 0 Å². The third kappa shape index (κ3) is 15.0. The summed E-state index contributed by atoms with van der Waals surface area (Å²) in [5, 5.41) is 6.39. The normalized spacial score (nSPS) is 12.6. The van der Waals surface area contributed by atoms with Crippen molar-refractivity contribution in [1.82, 2.24) is 19.2 Å². The second kappa shape index (κ2) is 18.8. The zero-order valence-corrected chi connectivity index (χ0v) is 22.9. The van der Waals surface area contributed by atoms with Crippen LogP contribution in [0.15, 0.2) is 0 Å². The highest BCUT2D eigenvalue weighted by atomic mass is 27.2. The monoisotopic (exact) mass is 482 g/mol. The highest BCUT2D eigenvalue weighted by molar-refractivity contribution is 6.59. The molecule has 0 heterocycles. The topological polar surface area (TPSA) is 116 Å². The highest BCUT2D eigenvalue weighted by Gasteiger charge is 2.32. The molecule has 0 aromatic heterocycles. The predicted molar refractivity (Wildman–Crippen MR) is 134 cm³/mol. The standard InChI is InChI=1S/2C10H20N2O2.C4H9.Al/c2*1-3-5-7-9(13)12-8(6-4-2)10(11)14;1-4(2)3;/h2*8H,3-7H2,1-2H3,(H3,11,12,13,14);4H,1H2,2-3H3;/q;;;+2/p-2. The van der Waals surface area contributed by atoms with Crippen molar-refractivity contribution in [1.29, 1.82) is 0 Å². The van der Waals surface area contributed by atoms with Gasteiger partial charge in [-0.1, -0.05) is 78.4 Å². The maximum Gasteiger partial charge on any atom is 0.573 e. The van der Waals surface area contributed by atoms with Gasteiger partial charge in [0.25, 0.3) is 0 Å². The molecule has 33 heavy (non-hydrogen) atoms. The number of rotatable bonds is 18. The summed E-state index contributed by atoms with van der Waals surface area (Å²) in [7, 11) is 0. The van der Waals surface area contributed by atoms with Gasteiger partial charge in [0, 0.05) is 12.8 Å². The van der Waals surface area contributed by atoms with Gasteiger partial charge >= 0.3 is 14.6 Å². The first-order valence-electron chi connectivity index (χ1n) is 12.9. The molecule has 190 valence electrons. The zero-order valence-electron chi connectivity index (χ0n) is 21.7. The van der Waals surface area contributed by atoms with E-state index in [9.17, 15) is 19.2 Å². The molecule has 8 nitrogen and oxygen atoms in total. The van der Waals surface area contributed by atoms with Crippen LogP contribution in [-0.4, -0.2) is 50.3 Å². The van der Waals surface area contributed by atoms with Gasteiger partial charge in [0.2, 0.25) is 23.6 Å². The Morgan fingerprint density at radius 1 is 0.667 bits per heavy atom. The fourth-order valence-corrected chi connectivity index (χ4v) is 5.83. The zero-order chi connectivity index (χ0) is 25.2. The van der Waals surface area contributed by atoms with Gasteiger partial charge < -0.3 is 19.2 Å². The smallest absolute Gasteiger partial charge is 0.427 e. The lowest BCUT2D eigenvalue weighted by Gasteiger charge is -2.24. The summed E-state index contributed by atoms with van der Waals surface area (Å²) in [5.74, 6) is -0.421. The molecule has 0 spiro atoms. The van der Waals surface area contributed by atoms with Gasteiger partial charge in [-0.3, -0.25) is 19.2 Å². The van der Waals surface area contributed by atoms with Crippen LogP contribution in [-0.2, 0) is 19.2 Å². The van der Waals surface area contributed by atoms with Gasteiger partial charge in [0.1, 0.15) is 12.1 Å². The summed E-state index contributed by atoms with van der Waals surface area (Å²) >= 11 is -2.21. The van der Waals surface area contributed by atoms with Gasteiger partial charge in [-0.05, 0) is 25.7 Å². The van der Waals surface area contributed by atoms with Crippen LogP contribution in [0.4, 0.5) is 0 Å². The van der Waals surface area contributed by atoms with E-state index in [1.807, 2.05) is 41.5 Å². The van der Waals surface area contributed by atoms with Crippen LogP contribution in [0, 0.1) is 5.92 Å². The maximum absolute atomic E-state index is 13.0. The summed E-state index contributed by atoms with van der Waals surface area (Å²) in [6.07, 6.45) is 6.84. The first kappa shape index (κ1) is 31.4. The number of carbonyl (C=O) groups is 4. The van der Waals surface area contributed by atoms with Gasteiger partial charge in [-0.25, -0.2) is 0 Å². The number of amides is 4. The van der Waals surface area contributed by atoms with E-state index in [1.165, 1.54) is 0 Å². The largest absolute Gasteiger partial charge is 0.573 e. The molecular weight excluding hydrogens is 435 g/mol. The number of unbranched alkanes of at least 4 members (excludes halogenated alkanes) is 2. The SMILES string of the molecule is CCCCC(=O)NC(CCC)C(=O)[NH][Al]([CH2]C(C)C)[NH]C(=O)C(CCC)NC(=O)CCCC. The molecule has 0 saturated carbocycles. The molecule has 2 unspecified atom stereocenters. The van der Waals surface area contributed by atoms with E-state index < -0.39 is 26.7 Å². The van der Waals surface area contributed by atoms with Gasteiger partial charge in [-0.15, -0.1) is 0 Å². The van der Waals surface area contributed by atoms with E-state index in [4.69, 9.17) is 0 Å². The number of nitrogens with one attached hydrogen (secondary N) is 4. The average molecular weight is 483 g/mol. The summed E-state index contributed by atoms with van der Waals surface area (Å²) in [6.45, 7) is 12.1. The van der Waals surface area contributed by atoms with Crippen molar-refractivity contribution < 1.29 is 19.2 Å². The van der Waals surface area contributed by atoms with E-state index >= 15 is 0 Å². The summed E-state index contributed by atoms with van der Waals surface area (Å²) < 4.78 is 6.10. The Bertz CT molecular complexity index is 555. The average Bonchev–Trinajstić information content (AvgIpc) is 2.75. The van der Waals surface area contributed by atoms with Crippen molar-refractivity contribution in [2.45, 2.75) is 123 Å². The lowest BCUT2D eigenvalue weighted by molar-refractivity contribution is -0.129. The Morgan fingerprint density at radius 3 is 1.36 bits per heavy atom. The highest BCUT2D eigenvalue weighted by Crippen LogP contribution is 2.06. The fourth-order valence-electron chi connectivity index (χ4n) is 3.49. The first-order valence-corrected chi connectivity index (χ1v) is 14.8. The molecule has 0 fully saturated rings. The molecule has 0 rings (SSSR count). The van der Waals surface area contributed by atoms with Crippen molar-refractivity contribution in [3.05, 3.63) is 0 Å². The number of carbonyl (C=O) groups excluding carboxylic acids is 4. The summed E-state index contributed by atoms with van der Waals surface area (Å²) in [4.78, 5) is 50.4. The van der Waals surface area contributed by atoms with E-state index in [2.05, 4.69) is 19.2 Å². The molecule has 9 heteroatoms. The van der Waals surface area contributed by atoms with E-state index in [0.717, 1.165) is 38.5 Å². The summed E-state index contributed by atoms with van der Waals surface area (Å²) in [6, 6.07) is -1.20. The first-order chi connectivity index (χ1) is 15.7. The molecule has 2 atom stereocenters. The Labute approximate surface area is 205 Å². The molecule has 0 aliphatic rings. The Balaban J connectivity index is 5.22. The molecular formula is C24H47AlN4O4. The van der Waals surface area contributed by atoms with E-state index in [0.29, 0.717) is 31.0 Å². The van der Waals surface area contributed by atoms with Crippen LogP contribution in [0.1, 0.15) is 106 Å². The lowest BCUT2D eigenvalue weighted by atomic mass is 10.1. The van der Waals surface area contributed by atoms with Crippen LogP contribution >= 0.6 is 0 Å². The minimum atomic E-state index is -2.21. The van der Waals surface area contributed by atoms with Crippen molar-refractivity contribution in [3.8, 4) is 0 Å². The molecule has 0 aliphatic carbocycles. The van der Waals surface area contributed by atoms with E-state index in [1.54, 1.807) is 0 Å². The Hall–Kier alpha value is -1.59. The molecule has 4 amide bonds.